The Balaban J connectivity index is 1.76. The first-order valence-corrected chi connectivity index (χ1v) is 7.56. The molecule has 1 aromatic heterocycles. The fourth-order valence-electron chi connectivity index (χ4n) is 2.14. The van der Waals surface area contributed by atoms with E-state index >= 15 is 0 Å². The molecule has 2 aromatic carbocycles. The van der Waals surface area contributed by atoms with Crippen LogP contribution >= 0.6 is 0 Å². The quantitative estimate of drug-likeness (QED) is 0.728. The first-order valence-electron chi connectivity index (χ1n) is 7.56. The summed E-state index contributed by atoms with van der Waals surface area (Å²) < 4.78 is 32.4. The Morgan fingerprint density at radius 1 is 1.04 bits per heavy atom. The van der Waals surface area contributed by atoms with E-state index in [-0.39, 0.29) is 11.6 Å². The average molecular weight is 356 g/mol. The topological polar surface area (TPSA) is 76.1 Å². The summed E-state index contributed by atoms with van der Waals surface area (Å²) in [5.41, 5.74) is 0.114. The van der Waals surface area contributed by atoms with Crippen LogP contribution in [0.1, 0.15) is 10.5 Å². The Kier molecular flexibility index (Phi) is 5.02. The number of halogens is 2. The maximum absolute atomic E-state index is 13.6. The zero-order valence-corrected chi connectivity index (χ0v) is 13.7. The van der Waals surface area contributed by atoms with Crippen molar-refractivity contribution in [1.82, 2.24) is 9.97 Å². The lowest BCUT2D eigenvalue weighted by Gasteiger charge is -2.09. The van der Waals surface area contributed by atoms with Crippen molar-refractivity contribution in [1.29, 1.82) is 0 Å². The van der Waals surface area contributed by atoms with Crippen molar-refractivity contribution in [2.75, 3.05) is 17.7 Å². The number of nitrogens with zero attached hydrogens (tertiary/aromatic N) is 2. The van der Waals surface area contributed by atoms with Gasteiger partial charge in [-0.2, -0.15) is 0 Å². The smallest absolute Gasteiger partial charge is 0.274 e. The van der Waals surface area contributed by atoms with Crippen LogP contribution in [0.4, 0.5) is 26.1 Å². The number of para-hydroxylation sites is 1. The zero-order valence-electron chi connectivity index (χ0n) is 13.7. The molecule has 3 aromatic rings. The molecule has 26 heavy (non-hydrogen) atoms. The second kappa shape index (κ2) is 7.56. The summed E-state index contributed by atoms with van der Waals surface area (Å²) in [5.74, 6) is -1.64. The Hall–Kier alpha value is -3.55. The van der Waals surface area contributed by atoms with Gasteiger partial charge in [0, 0.05) is 11.9 Å². The van der Waals surface area contributed by atoms with Crippen LogP contribution < -0.4 is 15.4 Å². The van der Waals surface area contributed by atoms with Crippen molar-refractivity contribution >= 4 is 23.2 Å². The third-order valence-corrected chi connectivity index (χ3v) is 3.44. The number of amides is 1. The lowest BCUT2D eigenvalue weighted by Crippen LogP contribution is -2.16. The van der Waals surface area contributed by atoms with Crippen LogP contribution in [0.3, 0.4) is 0 Å². The average Bonchev–Trinajstić information content (AvgIpc) is 2.65. The summed E-state index contributed by atoms with van der Waals surface area (Å²) in [6.45, 7) is 0. The van der Waals surface area contributed by atoms with Gasteiger partial charge in [0.2, 0.25) is 5.95 Å². The molecule has 6 nitrogen and oxygen atoms in total. The highest BCUT2D eigenvalue weighted by Crippen LogP contribution is 2.20. The Morgan fingerprint density at radius 3 is 2.38 bits per heavy atom. The number of nitrogens with one attached hydrogen (secondary N) is 2. The molecule has 8 heteroatoms. The van der Waals surface area contributed by atoms with Gasteiger partial charge in [0.25, 0.3) is 5.91 Å². The molecule has 0 fully saturated rings. The van der Waals surface area contributed by atoms with E-state index in [0.717, 1.165) is 12.1 Å². The summed E-state index contributed by atoms with van der Waals surface area (Å²) in [4.78, 5) is 20.3. The fourth-order valence-corrected chi connectivity index (χ4v) is 2.14. The van der Waals surface area contributed by atoms with Gasteiger partial charge in [-0.1, -0.05) is 6.07 Å². The molecule has 0 unspecified atom stereocenters. The van der Waals surface area contributed by atoms with Crippen LogP contribution in [0.2, 0.25) is 0 Å². The molecule has 0 aliphatic carbocycles. The monoisotopic (exact) mass is 356 g/mol. The van der Waals surface area contributed by atoms with E-state index in [1.807, 2.05) is 0 Å². The van der Waals surface area contributed by atoms with Crippen molar-refractivity contribution in [3.05, 3.63) is 72.1 Å². The minimum Gasteiger partial charge on any atom is -0.497 e. The van der Waals surface area contributed by atoms with E-state index in [1.54, 1.807) is 31.4 Å². The highest BCUT2D eigenvalue weighted by atomic mass is 19.1. The molecule has 1 amide bonds. The predicted molar refractivity (Wildman–Crippen MR) is 92.6 cm³/mol. The van der Waals surface area contributed by atoms with Crippen molar-refractivity contribution in [3.8, 4) is 5.75 Å². The van der Waals surface area contributed by atoms with Gasteiger partial charge in [0.05, 0.1) is 7.11 Å². The van der Waals surface area contributed by atoms with Gasteiger partial charge < -0.3 is 15.4 Å². The predicted octanol–water partition coefficient (Wildman–Crippen LogP) is 3.76. The molecule has 0 aliphatic heterocycles. The van der Waals surface area contributed by atoms with Crippen LogP contribution in [-0.4, -0.2) is 23.0 Å². The first-order chi connectivity index (χ1) is 12.6. The highest BCUT2D eigenvalue weighted by Gasteiger charge is 2.15. The van der Waals surface area contributed by atoms with Crippen molar-refractivity contribution < 1.29 is 18.3 Å². The largest absolute Gasteiger partial charge is 0.497 e. The minimum absolute atomic E-state index is 0.0429. The fraction of sp³-hybridized carbons (Fsp3) is 0.0556. The third kappa shape index (κ3) is 3.92. The number of methoxy groups -OCH3 is 1. The molecule has 0 aliphatic rings. The van der Waals surface area contributed by atoms with Crippen LogP contribution in [0, 0.1) is 11.6 Å². The van der Waals surface area contributed by atoms with Gasteiger partial charge in [0.1, 0.15) is 28.8 Å². The molecule has 1 heterocycles. The van der Waals surface area contributed by atoms with Crippen LogP contribution in [0.25, 0.3) is 0 Å². The molecule has 0 saturated carbocycles. The van der Waals surface area contributed by atoms with E-state index in [2.05, 4.69) is 20.6 Å². The molecule has 2 N–H and O–H groups in total. The second-order valence-electron chi connectivity index (χ2n) is 5.17. The van der Waals surface area contributed by atoms with E-state index in [0.29, 0.717) is 11.4 Å². The molecule has 0 spiro atoms. The maximum atomic E-state index is 13.6. The molecule has 0 saturated heterocycles. The van der Waals surface area contributed by atoms with Gasteiger partial charge in [-0.25, -0.2) is 18.7 Å². The number of carbonyl (C=O) groups is 1. The number of benzene rings is 2. The number of carbonyl (C=O) groups excluding carboxylic acids is 1. The molecule has 0 atom stereocenters. The standard InChI is InChI=1S/C18H14F2N4O2/c1-26-12-7-5-11(6-8-12)22-18-21-10-9-15(23-18)17(25)24-16-13(19)3-2-4-14(16)20/h2-10H,1H3,(H,24,25)(H,21,22,23). The molecule has 132 valence electrons. The van der Waals surface area contributed by atoms with E-state index in [9.17, 15) is 13.6 Å². The Bertz CT molecular complexity index is 912. The van der Waals surface area contributed by atoms with Crippen LogP contribution in [-0.2, 0) is 0 Å². The second-order valence-corrected chi connectivity index (χ2v) is 5.17. The molecular formula is C18H14F2N4O2. The maximum Gasteiger partial charge on any atom is 0.274 e. The normalized spacial score (nSPS) is 10.3. The van der Waals surface area contributed by atoms with Gasteiger partial charge >= 0.3 is 0 Å². The SMILES string of the molecule is COc1ccc(Nc2nccc(C(=O)Nc3c(F)cccc3F)n2)cc1. The van der Waals surface area contributed by atoms with Crippen molar-refractivity contribution in [2.24, 2.45) is 0 Å². The molecular weight excluding hydrogens is 342 g/mol. The summed E-state index contributed by atoms with van der Waals surface area (Å²) in [5, 5.41) is 5.11. The number of hydrogen-bond acceptors (Lipinski definition) is 5. The number of anilines is 3. The zero-order chi connectivity index (χ0) is 18.5. The lowest BCUT2D eigenvalue weighted by atomic mass is 10.2. The van der Waals surface area contributed by atoms with Crippen molar-refractivity contribution in [3.63, 3.8) is 0 Å². The highest BCUT2D eigenvalue weighted by molar-refractivity contribution is 6.03. The summed E-state index contributed by atoms with van der Waals surface area (Å²) in [6, 6.07) is 11.7. The Labute approximate surface area is 147 Å². The molecule has 0 radical (unpaired) electrons. The van der Waals surface area contributed by atoms with Gasteiger partial charge in [-0.3, -0.25) is 4.79 Å². The van der Waals surface area contributed by atoms with E-state index < -0.39 is 23.2 Å². The van der Waals surface area contributed by atoms with E-state index in [1.165, 1.54) is 18.3 Å². The number of rotatable bonds is 5. The van der Waals surface area contributed by atoms with Gasteiger partial charge in [-0.05, 0) is 42.5 Å². The summed E-state index contributed by atoms with van der Waals surface area (Å²) >= 11 is 0. The minimum atomic E-state index is -0.871. The molecule has 3 rings (SSSR count). The summed E-state index contributed by atoms with van der Waals surface area (Å²) in [7, 11) is 1.56. The number of aromatic nitrogens is 2. The number of hydrogen-bond donors (Lipinski definition) is 2. The van der Waals surface area contributed by atoms with Gasteiger partial charge in [-0.15, -0.1) is 0 Å². The van der Waals surface area contributed by atoms with Crippen molar-refractivity contribution in [2.45, 2.75) is 0 Å². The van der Waals surface area contributed by atoms with Gasteiger partial charge in [0.15, 0.2) is 0 Å². The third-order valence-electron chi connectivity index (χ3n) is 3.44. The summed E-state index contributed by atoms with van der Waals surface area (Å²) in [6.07, 6.45) is 1.37. The number of ether oxygens (including phenoxy) is 1. The van der Waals surface area contributed by atoms with Crippen LogP contribution in [0.15, 0.2) is 54.7 Å². The first kappa shape index (κ1) is 17.3. The Morgan fingerprint density at radius 2 is 1.73 bits per heavy atom. The van der Waals surface area contributed by atoms with Crippen LogP contribution in [0.5, 0.6) is 5.75 Å². The molecule has 0 bridgehead atoms. The van der Waals surface area contributed by atoms with E-state index in [4.69, 9.17) is 4.74 Å². The lowest BCUT2D eigenvalue weighted by molar-refractivity contribution is 0.102.